The topological polar surface area (TPSA) is 38.7 Å². The summed E-state index contributed by atoms with van der Waals surface area (Å²) in [7, 11) is -3.96. The van der Waals surface area contributed by atoms with Crippen molar-refractivity contribution < 1.29 is 14.0 Å². The summed E-state index contributed by atoms with van der Waals surface area (Å²) in [5.74, 6) is 2.02. The van der Waals surface area contributed by atoms with E-state index in [1.54, 1.807) is 5.57 Å². The summed E-state index contributed by atoms with van der Waals surface area (Å²) < 4.78 is 14.2. The average Bonchev–Trinajstić information content (AvgIpc) is 3.23. The zero-order valence-electron chi connectivity index (χ0n) is 32.2. The van der Waals surface area contributed by atoms with E-state index in [0.717, 1.165) is 18.4 Å². The van der Waals surface area contributed by atoms with Crippen molar-refractivity contribution in [2.75, 3.05) is 0 Å². The van der Waals surface area contributed by atoms with Crippen LogP contribution in [-0.4, -0.2) is 39.6 Å². The van der Waals surface area contributed by atoms with Gasteiger partial charge >= 0.3 is 0 Å². The second-order valence-electron chi connectivity index (χ2n) is 19.1. The molecule has 3 saturated carbocycles. The molecule has 0 aromatic rings. The average molecular weight is 657 g/mol. The van der Waals surface area contributed by atoms with Crippen molar-refractivity contribution in [3.63, 3.8) is 0 Å². The second-order valence-corrected chi connectivity index (χ2v) is 28.6. The van der Waals surface area contributed by atoms with E-state index in [9.17, 15) is 5.11 Å². The minimum atomic E-state index is -1.98. The summed E-state index contributed by atoms with van der Waals surface area (Å²) >= 11 is 0. The maximum Gasteiger partial charge on any atom is 0.192 e. The molecule has 0 aromatic carbocycles. The SMILES string of the molecule is C=C1[C@H](O[Si](C)(C)C(C)(C)C)CC(=C/C=C2\CCC[C@]3(C)C([C@@H](C)/C=C/[C@H](C)C(C)(C)O)CC[C@@H]23)C[C@H]1O[Si](C)(C)C(C)(C)C. The van der Waals surface area contributed by atoms with Gasteiger partial charge in [0.1, 0.15) is 0 Å². The molecule has 45 heavy (non-hydrogen) atoms. The molecule has 3 nitrogen and oxygen atoms in total. The van der Waals surface area contributed by atoms with Gasteiger partial charge in [0.05, 0.1) is 17.8 Å². The fourth-order valence-electron chi connectivity index (χ4n) is 7.54. The third kappa shape index (κ3) is 8.85. The van der Waals surface area contributed by atoms with Gasteiger partial charge < -0.3 is 14.0 Å². The molecule has 1 N–H and O–H groups in total. The second kappa shape index (κ2) is 13.6. The smallest absolute Gasteiger partial charge is 0.192 e. The largest absolute Gasteiger partial charge is 0.410 e. The Morgan fingerprint density at radius 2 is 1.36 bits per heavy atom. The van der Waals surface area contributed by atoms with Gasteiger partial charge in [0.15, 0.2) is 16.6 Å². The number of hydrogen-bond donors (Lipinski definition) is 1. The van der Waals surface area contributed by atoms with Gasteiger partial charge in [0.2, 0.25) is 0 Å². The summed E-state index contributed by atoms with van der Waals surface area (Å²) in [6.45, 7) is 39.0. The number of aliphatic hydroxyl groups is 1. The number of hydrogen-bond acceptors (Lipinski definition) is 3. The lowest BCUT2D eigenvalue weighted by atomic mass is 9.61. The molecule has 0 saturated heterocycles. The van der Waals surface area contributed by atoms with Gasteiger partial charge in [-0.15, -0.1) is 0 Å². The molecule has 0 aliphatic heterocycles. The van der Waals surface area contributed by atoms with E-state index in [1.807, 2.05) is 13.8 Å². The molecule has 7 atom stereocenters. The van der Waals surface area contributed by atoms with Crippen molar-refractivity contribution in [1.29, 1.82) is 0 Å². The van der Waals surface area contributed by atoms with E-state index in [2.05, 4.69) is 119 Å². The fraction of sp³-hybridized carbons (Fsp3) is 0.800. The van der Waals surface area contributed by atoms with Gasteiger partial charge in [-0.1, -0.05) is 104 Å². The lowest BCUT2D eigenvalue weighted by Crippen LogP contribution is -2.49. The highest BCUT2D eigenvalue weighted by Gasteiger charge is 2.50. The first-order chi connectivity index (χ1) is 20.3. The number of rotatable bonds is 9. The van der Waals surface area contributed by atoms with E-state index < -0.39 is 22.2 Å². The third-order valence-electron chi connectivity index (χ3n) is 13.2. The predicted molar refractivity (Wildman–Crippen MR) is 201 cm³/mol. The molecule has 1 unspecified atom stereocenters. The zero-order valence-corrected chi connectivity index (χ0v) is 34.2. The van der Waals surface area contributed by atoms with Crippen molar-refractivity contribution in [1.82, 2.24) is 0 Å². The van der Waals surface area contributed by atoms with Crippen molar-refractivity contribution in [2.45, 2.75) is 175 Å². The zero-order chi connectivity index (χ0) is 34.4. The highest BCUT2D eigenvalue weighted by Crippen LogP contribution is 2.59. The molecule has 3 fully saturated rings. The molecule has 5 heteroatoms. The third-order valence-corrected chi connectivity index (χ3v) is 22.2. The lowest BCUT2D eigenvalue weighted by molar-refractivity contribution is 0.0436. The van der Waals surface area contributed by atoms with Crippen molar-refractivity contribution in [2.24, 2.45) is 29.1 Å². The van der Waals surface area contributed by atoms with Crippen LogP contribution in [0.25, 0.3) is 0 Å². The monoisotopic (exact) mass is 657 g/mol. The van der Waals surface area contributed by atoms with Crippen molar-refractivity contribution >= 4 is 16.6 Å². The summed E-state index contributed by atoms with van der Waals surface area (Å²) in [6.07, 6.45) is 18.0. The summed E-state index contributed by atoms with van der Waals surface area (Å²) in [4.78, 5) is 0. The highest BCUT2D eigenvalue weighted by atomic mass is 28.4. The van der Waals surface area contributed by atoms with Crippen LogP contribution in [0.3, 0.4) is 0 Å². The Kier molecular flexibility index (Phi) is 11.7. The molecule has 3 aliphatic rings. The van der Waals surface area contributed by atoms with Crippen LogP contribution in [-0.2, 0) is 8.85 Å². The van der Waals surface area contributed by atoms with E-state index in [-0.39, 0.29) is 28.2 Å². The molecular formula is C40H72O3Si2. The van der Waals surface area contributed by atoms with Gasteiger partial charge in [-0.2, -0.15) is 0 Å². The van der Waals surface area contributed by atoms with Crippen LogP contribution < -0.4 is 0 Å². The van der Waals surface area contributed by atoms with Crippen LogP contribution in [0.4, 0.5) is 0 Å². The first-order valence-corrected chi connectivity index (χ1v) is 24.0. The van der Waals surface area contributed by atoms with Gasteiger partial charge in [-0.05, 0) is 124 Å². The Hall–Kier alpha value is -0.726. The molecule has 0 radical (unpaired) electrons. The van der Waals surface area contributed by atoms with E-state index in [4.69, 9.17) is 8.85 Å². The molecule has 3 aliphatic carbocycles. The molecule has 3 rings (SSSR count). The minimum absolute atomic E-state index is 0.0190. The van der Waals surface area contributed by atoms with Crippen molar-refractivity contribution in [3.8, 4) is 0 Å². The van der Waals surface area contributed by atoms with Gasteiger partial charge in [-0.3, -0.25) is 0 Å². The van der Waals surface area contributed by atoms with Gasteiger partial charge in [-0.25, -0.2) is 0 Å². The van der Waals surface area contributed by atoms with Crippen LogP contribution in [0.1, 0.15) is 121 Å². The Morgan fingerprint density at radius 1 is 0.844 bits per heavy atom. The number of fused-ring (bicyclic) bond motifs is 1. The van der Waals surface area contributed by atoms with Crippen LogP contribution in [0, 0.1) is 29.1 Å². The van der Waals surface area contributed by atoms with Crippen LogP contribution >= 0.6 is 0 Å². The standard InChI is InChI=1S/C40H72O3Si2/c1-28(19-20-29(2)39(10,11)41)33-23-24-34-32(18-17-25-40(33,34)12)22-21-31-26-35(42-44(13,14)37(4,5)6)30(3)36(27-31)43-45(15,16)38(7,8)9/h19-22,28-29,33-36,41H,3,17-18,23-27H2,1-2,4-16H3/b20-19+,32-22+/t28-,29-,33?,34-,35+,36+,40+/m0/s1. The first kappa shape index (κ1) is 38.7. The quantitative estimate of drug-likeness (QED) is 0.198. The molecule has 258 valence electrons. The van der Waals surface area contributed by atoms with Gasteiger partial charge in [0.25, 0.3) is 0 Å². The fourth-order valence-corrected chi connectivity index (χ4v) is 10.1. The minimum Gasteiger partial charge on any atom is -0.410 e. The molecule has 0 spiro atoms. The molecule has 0 amide bonds. The van der Waals surface area contributed by atoms with E-state index in [1.165, 1.54) is 37.7 Å². The predicted octanol–water partition coefficient (Wildman–Crippen LogP) is 11.8. The van der Waals surface area contributed by atoms with E-state index >= 15 is 0 Å². The molecule has 0 bridgehead atoms. The molecular weight excluding hydrogens is 585 g/mol. The molecule has 0 heterocycles. The first-order valence-electron chi connectivity index (χ1n) is 18.1. The Labute approximate surface area is 281 Å². The summed E-state index contributed by atoms with van der Waals surface area (Å²) in [6, 6.07) is 0. The Bertz CT molecular complexity index is 1100. The maximum absolute atomic E-state index is 10.5. The lowest BCUT2D eigenvalue weighted by Gasteiger charge is -2.46. The summed E-state index contributed by atoms with van der Waals surface area (Å²) in [5, 5.41) is 10.8. The van der Waals surface area contributed by atoms with Crippen molar-refractivity contribution in [3.05, 3.63) is 47.6 Å². The Morgan fingerprint density at radius 3 is 1.82 bits per heavy atom. The number of allylic oxidation sites excluding steroid dienone is 4. The Balaban J connectivity index is 1.89. The van der Waals surface area contributed by atoms with Crippen LogP contribution in [0.2, 0.25) is 36.3 Å². The highest BCUT2D eigenvalue weighted by molar-refractivity contribution is 6.74. The van der Waals surface area contributed by atoms with E-state index in [0.29, 0.717) is 23.2 Å². The van der Waals surface area contributed by atoms with Crippen LogP contribution in [0.15, 0.2) is 47.6 Å². The summed E-state index contributed by atoms with van der Waals surface area (Å²) in [5.41, 5.74) is 3.93. The normalized spacial score (nSPS) is 31.4. The molecule has 0 aromatic heterocycles. The van der Waals surface area contributed by atoms with Gasteiger partial charge in [0, 0.05) is 5.92 Å². The van der Waals surface area contributed by atoms with Crippen LogP contribution in [0.5, 0.6) is 0 Å². The maximum atomic E-state index is 10.5.